The van der Waals surface area contributed by atoms with Crippen LogP contribution in [0, 0.1) is 17.0 Å². The summed E-state index contributed by atoms with van der Waals surface area (Å²) in [5.41, 5.74) is 1.08. The molecule has 1 aromatic carbocycles. The van der Waals surface area contributed by atoms with Crippen molar-refractivity contribution in [3.8, 4) is 0 Å². The number of nitrogens with zero attached hydrogens (tertiary/aromatic N) is 1. The van der Waals surface area contributed by atoms with Crippen LogP contribution in [0.5, 0.6) is 0 Å². The van der Waals surface area contributed by atoms with Crippen LogP contribution in [0.15, 0.2) is 41.0 Å². The van der Waals surface area contributed by atoms with E-state index in [1.807, 2.05) is 0 Å². The van der Waals surface area contributed by atoms with Gasteiger partial charge < -0.3 is 4.42 Å². The third kappa shape index (κ3) is 2.29. The van der Waals surface area contributed by atoms with Crippen molar-refractivity contribution in [2.45, 2.75) is 13.3 Å². The summed E-state index contributed by atoms with van der Waals surface area (Å²) in [5.74, 6) is -0.0000454. The second-order valence-electron chi connectivity index (χ2n) is 3.92. The summed E-state index contributed by atoms with van der Waals surface area (Å²) in [6.07, 6.45) is 1.40. The Hall–Kier alpha value is -2.43. The van der Waals surface area contributed by atoms with Gasteiger partial charge in [-0.2, -0.15) is 0 Å². The quantitative estimate of drug-likeness (QED) is 0.471. The van der Waals surface area contributed by atoms with Gasteiger partial charge in [-0.3, -0.25) is 14.9 Å². The van der Waals surface area contributed by atoms with Crippen molar-refractivity contribution in [2.24, 2.45) is 0 Å². The van der Waals surface area contributed by atoms with Gasteiger partial charge in [-0.05, 0) is 18.6 Å². The van der Waals surface area contributed by atoms with Crippen molar-refractivity contribution in [1.29, 1.82) is 0 Å². The number of ketones is 1. The Kier molecular flexibility index (Phi) is 3.23. The molecule has 0 fully saturated rings. The van der Waals surface area contributed by atoms with Crippen LogP contribution in [-0.4, -0.2) is 10.7 Å². The molecule has 0 saturated heterocycles. The number of carbonyl (C=O) groups is 1. The molecule has 0 amide bonds. The molecule has 1 heterocycles. The molecule has 0 aliphatic rings. The molecule has 2 rings (SSSR count). The molecule has 5 nitrogen and oxygen atoms in total. The highest BCUT2D eigenvalue weighted by molar-refractivity contribution is 5.96. The molecule has 0 N–H and O–H groups in total. The second-order valence-corrected chi connectivity index (χ2v) is 3.92. The summed E-state index contributed by atoms with van der Waals surface area (Å²) in [4.78, 5) is 22.3. The number of furan rings is 1. The minimum atomic E-state index is -0.488. The first kappa shape index (κ1) is 12.0. The zero-order valence-electron chi connectivity index (χ0n) is 9.75. The van der Waals surface area contributed by atoms with Crippen molar-refractivity contribution >= 4 is 11.5 Å². The summed E-state index contributed by atoms with van der Waals surface area (Å²) in [7, 11) is 0. The van der Waals surface area contributed by atoms with E-state index < -0.39 is 4.92 Å². The molecular weight excluding hydrogens is 234 g/mol. The number of para-hydroxylation sites is 1. The van der Waals surface area contributed by atoms with Crippen LogP contribution >= 0.6 is 0 Å². The Morgan fingerprint density at radius 1 is 1.33 bits per heavy atom. The fourth-order valence-corrected chi connectivity index (χ4v) is 1.75. The largest absolute Gasteiger partial charge is 0.461 e. The van der Waals surface area contributed by atoms with Crippen molar-refractivity contribution in [3.63, 3.8) is 0 Å². The summed E-state index contributed by atoms with van der Waals surface area (Å²) in [6.45, 7) is 1.76. The molecule has 1 aromatic heterocycles. The van der Waals surface area contributed by atoms with Crippen LogP contribution in [0.3, 0.4) is 0 Å². The first-order chi connectivity index (χ1) is 8.59. The van der Waals surface area contributed by atoms with Gasteiger partial charge in [0.2, 0.25) is 5.78 Å². The molecule has 0 aliphatic heterocycles. The maximum absolute atomic E-state index is 12.0. The second kappa shape index (κ2) is 4.83. The van der Waals surface area contributed by atoms with Crippen LogP contribution in [0.2, 0.25) is 0 Å². The van der Waals surface area contributed by atoms with Gasteiger partial charge >= 0.3 is 0 Å². The van der Waals surface area contributed by atoms with Crippen LogP contribution in [0.1, 0.15) is 21.7 Å². The van der Waals surface area contributed by atoms with Crippen LogP contribution in [-0.2, 0) is 6.42 Å². The molecule has 0 saturated carbocycles. The van der Waals surface area contributed by atoms with Gasteiger partial charge in [0.15, 0.2) is 5.76 Å². The number of rotatable bonds is 4. The topological polar surface area (TPSA) is 73.3 Å². The molecule has 18 heavy (non-hydrogen) atoms. The van der Waals surface area contributed by atoms with E-state index in [9.17, 15) is 14.9 Å². The third-order valence-electron chi connectivity index (χ3n) is 2.65. The Balaban J connectivity index is 2.28. The van der Waals surface area contributed by atoms with Gasteiger partial charge in [-0.1, -0.05) is 18.2 Å². The minimum Gasteiger partial charge on any atom is -0.461 e. The average molecular weight is 245 g/mol. The number of Topliss-reactive ketones (excluding diaryl/α,β-unsaturated/α-hetero) is 1. The van der Waals surface area contributed by atoms with Crippen LogP contribution < -0.4 is 0 Å². The molecule has 92 valence electrons. The lowest BCUT2D eigenvalue weighted by Gasteiger charge is -2.01. The number of nitro benzene ring substituents is 1. The van der Waals surface area contributed by atoms with Gasteiger partial charge in [0, 0.05) is 18.1 Å². The first-order valence-electron chi connectivity index (χ1n) is 5.39. The Bertz CT molecular complexity index is 601. The molecule has 2 aromatic rings. The number of hydrogen-bond donors (Lipinski definition) is 0. The van der Waals surface area contributed by atoms with E-state index in [0.29, 0.717) is 5.56 Å². The van der Waals surface area contributed by atoms with E-state index in [-0.39, 0.29) is 23.7 Å². The van der Waals surface area contributed by atoms with Crippen molar-refractivity contribution < 1.29 is 14.1 Å². The Morgan fingerprint density at radius 2 is 2.06 bits per heavy atom. The Morgan fingerprint density at radius 3 is 2.67 bits per heavy atom. The average Bonchev–Trinajstić information content (AvgIpc) is 2.76. The number of aryl methyl sites for hydroxylation is 1. The van der Waals surface area contributed by atoms with E-state index in [1.54, 1.807) is 31.2 Å². The van der Waals surface area contributed by atoms with Gasteiger partial charge in [0.05, 0.1) is 11.2 Å². The van der Waals surface area contributed by atoms with E-state index in [1.165, 1.54) is 12.3 Å². The summed E-state index contributed by atoms with van der Waals surface area (Å²) in [5, 5.41) is 10.8. The third-order valence-corrected chi connectivity index (χ3v) is 2.65. The molecule has 0 aliphatic carbocycles. The molecule has 0 bridgehead atoms. The standard InChI is InChI=1S/C13H11NO4/c1-9-6-7-18-13(9)12(15)8-10-4-2-3-5-11(10)14(16)17/h2-7H,8H2,1H3. The fourth-order valence-electron chi connectivity index (χ4n) is 1.75. The van der Waals surface area contributed by atoms with Gasteiger partial charge in [0.1, 0.15) is 0 Å². The normalized spacial score (nSPS) is 10.3. The number of benzene rings is 1. The highest BCUT2D eigenvalue weighted by Crippen LogP contribution is 2.20. The number of nitro groups is 1. The number of hydrogen-bond acceptors (Lipinski definition) is 4. The molecule has 0 atom stereocenters. The van der Waals surface area contributed by atoms with Crippen LogP contribution in [0.25, 0.3) is 0 Å². The Labute approximate surface area is 103 Å². The maximum Gasteiger partial charge on any atom is 0.273 e. The molecular formula is C13H11NO4. The molecule has 0 spiro atoms. The van der Waals surface area contributed by atoms with Gasteiger partial charge in [0.25, 0.3) is 5.69 Å². The molecule has 0 radical (unpaired) electrons. The van der Waals surface area contributed by atoms with Crippen molar-refractivity contribution in [2.75, 3.05) is 0 Å². The fraction of sp³-hybridized carbons (Fsp3) is 0.154. The highest BCUT2D eigenvalue weighted by atomic mass is 16.6. The van der Waals surface area contributed by atoms with Crippen molar-refractivity contribution in [3.05, 3.63) is 63.6 Å². The van der Waals surface area contributed by atoms with Gasteiger partial charge in [-0.15, -0.1) is 0 Å². The van der Waals surface area contributed by atoms with E-state index in [4.69, 9.17) is 4.42 Å². The minimum absolute atomic E-state index is 0.0362. The monoisotopic (exact) mass is 245 g/mol. The van der Waals surface area contributed by atoms with Crippen LogP contribution in [0.4, 0.5) is 5.69 Å². The summed E-state index contributed by atoms with van der Waals surface area (Å²) < 4.78 is 5.08. The van der Waals surface area contributed by atoms with E-state index >= 15 is 0 Å². The van der Waals surface area contributed by atoms with Crippen molar-refractivity contribution in [1.82, 2.24) is 0 Å². The summed E-state index contributed by atoms with van der Waals surface area (Å²) >= 11 is 0. The lowest BCUT2D eigenvalue weighted by atomic mass is 10.0. The lowest BCUT2D eigenvalue weighted by Crippen LogP contribution is -2.06. The van der Waals surface area contributed by atoms with Gasteiger partial charge in [-0.25, -0.2) is 0 Å². The zero-order valence-corrected chi connectivity index (χ0v) is 9.75. The number of carbonyl (C=O) groups excluding carboxylic acids is 1. The predicted molar refractivity (Wildman–Crippen MR) is 64.6 cm³/mol. The molecule has 5 heteroatoms. The van der Waals surface area contributed by atoms with E-state index in [2.05, 4.69) is 0 Å². The SMILES string of the molecule is Cc1ccoc1C(=O)Cc1ccccc1[N+](=O)[O-]. The lowest BCUT2D eigenvalue weighted by molar-refractivity contribution is -0.385. The summed E-state index contributed by atoms with van der Waals surface area (Å²) in [6, 6.07) is 7.90. The predicted octanol–water partition coefficient (Wildman–Crippen LogP) is 2.92. The zero-order chi connectivity index (χ0) is 13.1. The molecule has 0 unspecified atom stereocenters. The first-order valence-corrected chi connectivity index (χ1v) is 5.39. The maximum atomic E-state index is 12.0. The highest BCUT2D eigenvalue weighted by Gasteiger charge is 2.19. The smallest absolute Gasteiger partial charge is 0.273 e. The van der Waals surface area contributed by atoms with E-state index in [0.717, 1.165) is 5.56 Å².